The van der Waals surface area contributed by atoms with Crippen LogP contribution in [0.5, 0.6) is 5.75 Å². The number of carbonyl (C=O) groups excluding carboxylic acids is 1. The van der Waals surface area contributed by atoms with Crippen molar-refractivity contribution in [3.8, 4) is 5.75 Å². The number of amides is 2. The van der Waals surface area contributed by atoms with Gasteiger partial charge in [0.15, 0.2) is 11.6 Å². The standard InChI is InChI=1S/C15H19FN4O2S/c1-4-5-13-19-20-15(23-13)18-14(21)17-9(2)10-6-7-12(22-3)11(16)8-10/h6-9H,4-5H2,1-3H3,(H2,17,18,20,21)/t9-/m0/s1. The van der Waals surface area contributed by atoms with Gasteiger partial charge in [0.25, 0.3) is 0 Å². The van der Waals surface area contributed by atoms with Gasteiger partial charge in [0, 0.05) is 6.42 Å². The second-order valence-corrected chi connectivity index (χ2v) is 6.03. The van der Waals surface area contributed by atoms with Gasteiger partial charge in [-0.3, -0.25) is 5.32 Å². The lowest BCUT2D eigenvalue weighted by atomic mass is 10.1. The molecule has 0 bridgehead atoms. The lowest BCUT2D eigenvalue weighted by Gasteiger charge is -2.15. The summed E-state index contributed by atoms with van der Waals surface area (Å²) < 4.78 is 18.6. The van der Waals surface area contributed by atoms with E-state index in [9.17, 15) is 9.18 Å². The van der Waals surface area contributed by atoms with Gasteiger partial charge in [-0.15, -0.1) is 10.2 Å². The second kappa shape index (κ2) is 7.87. The van der Waals surface area contributed by atoms with Crippen molar-refractivity contribution in [3.63, 3.8) is 0 Å². The molecule has 6 nitrogen and oxygen atoms in total. The number of hydrogen-bond acceptors (Lipinski definition) is 5. The Morgan fingerprint density at radius 1 is 1.43 bits per heavy atom. The number of urea groups is 1. The lowest BCUT2D eigenvalue weighted by molar-refractivity contribution is 0.249. The van der Waals surface area contributed by atoms with Crippen molar-refractivity contribution in [3.05, 3.63) is 34.6 Å². The number of carbonyl (C=O) groups is 1. The van der Waals surface area contributed by atoms with Crippen molar-refractivity contribution in [2.45, 2.75) is 32.7 Å². The topological polar surface area (TPSA) is 76.1 Å². The molecule has 0 radical (unpaired) electrons. The molecule has 1 aromatic heterocycles. The first kappa shape index (κ1) is 17.1. The van der Waals surface area contributed by atoms with E-state index in [4.69, 9.17) is 4.74 Å². The number of aryl methyl sites for hydroxylation is 1. The molecule has 2 aromatic rings. The van der Waals surface area contributed by atoms with Crippen molar-refractivity contribution >= 4 is 22.5 Å². The number of halogens is 1. The van der Waals surface area contributed by atoms with E-state index in [1.165, 1.54) is 30.6 Å². The van der Waals surface area contributed by atoms with Crippen LogP contribution in [0.4, 0.5) is 14.3 Å². The SMILES string of the molecule is CCCc1nnc(NC(=O)N[C@@H](C)c2ccc(OC)c(F)c2)s1. The molecule has 2 N–H and O–H groups in total. The molecule has 0 fully saturated rings. The van der Waals surface area contributed by atoms with E-state index in [2.05, 4.69) is 27.8 Å². The van der Waals surface area contributed by atoms with Crippen LogP contribution in [-0.2, 0) is 6.42 Å². The number of rotatable bonds is 6. The van der Waals surface area contributed by atoms with Crippen LogP contribution in [0.2, 0.25) is 0 Å². The molecular formula is C15H19FN4O2S. The van der Waals surface area contributed by atoms with Crippen molar-refractivity contribution in [1.29, 1.82) is 0 Å². The molecule has 23 heavy (non-hydrogen) atoms. The normalized spacial score (nSPS) is 11.8. The molecule has 0 spiro atoms. The van der Waals surface area contributed by atoms with Gasteiger partial charge in [0.05, 0.1) is 13.2 Å². The highest BCUT2D eigenvalue weighted by Crippen LogP contribution is 2.22. The van der Waals surface area contributed by atoms with Crippen LogP contribution in [0.25, 0.3) is 0 Å². The average Bonchev–Trinajstić information content (AvgIpc) is 2.94. The number of methoxy groups -OCH3 is 1. The summed E-state index contributed by atoms with van der Waals surface area (Å²) in [5.41, 5.74) is 0.641. The Bertz CT molecular complexity index is 677. The fourth-order valence-electron chi connectivity index (χ4n) is 1.98. The van der Waals surface area contributed by atoms with Gasteiger partial charge in [0.1, 0.15) is 5.01 Å². The minimum atomic E-state index is -0.465. The lowest BCUT2D eigenvalue weighted by Crippen LogP contribution is -2.31. The molecule has 0 saturated heterocycles. The summed E-state index contributed by atoms with van der Waals surface area (Å²) in [6.45, 7) is 3.82. The first-order valence-corrected chi connectivity index (χ1v) is 8.08. The maximum absolute atomic E-state index is 13.7. The summed E-state index contributed by atoms with van der Waals surface area (Å²) in [6.07, 6.45) is 1.81. The molecule has 0 unspecified atom stereocenters. The number of nitrogens with one attached hydrogen (secondary N) is 2. The number of hydrogen-bond donors (Lipinski definition) is 2. The first-order valence-electron chi connectivity index (χ1n) is 7.26. The van der Waals surface area contributed by atoms with Gasteiger partial charge in [-0.25, -0.2) is 9.18 Å². The van der Waals surface area contributed by atoms with Gasteiger partial charge in [0.2, 0.25) is 5.13 Å². The van der Waals surface area contributed by atoms with E-state index in [-0.39, 0.29) is 11.8 Å². The largest absolute Gasteiger partial charge is 0.494 e. The quantitative estimate of drug-likeness (QED) is 0.845. The zero-order chi connectivity index (χ0) is 16.8. The van der Waals surface area contributed by atoms with Crippen LogP contribution in [0.3, 0.4) is 0 Å². The summed E-state index contributed by atoms with van der Waals surface area (Å²) in [6, 6.07) is 3.81. The molecule has 0 aliphatic heterocycles. The number of aromatic nitrogens is 2. The third kappa shape index (κ3) is 4.62. The van der Waals surface area contributed by atoms with Gasteiger partial charge in [-0.1, -0.05) is 24.3 Å². The fraction of sp³-hybridized carbons (Fsp3) is 0.400. The third-order valence-electron chi connectivity index (χ3n) is 3.17. The van der Waals surface area contributed by atoms with Gasteiger partial charge >= 0.3 is 6.03 Å². The maximum Gasteiger partial charge on any atom is 0.321 e. The molecular weight excluding hydrogens is 319 g/mol. The van der Waals surface area contributed by atoms with Gasteiger partial charge in [-0.2, -0.15) is 0 Å². The number of ether oxygens (including phenoxy) is 1. The highest BCUT2D eigenvalue weighted by Gasteiger charge is 2.13. The summed E-state index contributed by atoms with van der Waals surface area (Å²) >= 11 is 1.35. The molecule has 0 saturated carbocycles. The number of anilines is 1. The fourth-order valence-corrected chi connectivity index (χ4v) is 2.82. The minimum Gasteiger partial charge on any atom is -0.494 e. The molecule has 1 aromatic carbocycles. The smallest absolute Gasteiger partial charge is 0.321 e. The molecule has 0 aliphatic rings. The van der Waals surface area contributed by atoms with Gasteiger partial charge in [-0.05, 0) is 31.0 Å². The number of nitrogens with zero attached hydrogens (tertiary/aromatic N) is 2. The molecule has 2 amide bonds. The van der Waals surface area contributed by atoms with E-state index >= 15 is 0 Å². The van der Waals surface area contributed by atoms with Crippen LogP contribution in [0.15, 0.2) is 18.2 Å². The monoisotopic (exact) mass is 338 g/mol. The van der Waals surface area contributed by atoms with Crippen molar-refractivity contribution in [2.75, 3.05) is 12.4 Å². The zero-order valence-corrected chi connectivity index (χ0v) is 14.0. The molecule has 2 rings (SSSR count). The predicted molar refractivity (Wildman–Crippen MR) is 87.4 cm³/mol. The summed E-state index contributed by atoms with van der Waals surface area (Å²) in [5, 5.41) is 14.6. The second-order valence-electron chi connectivity index (χ2n) is 4.97. The van der Waals surface area contributed by atoms with E-state index in [0.717, 1.165) is 17.8 Å². The van der Waals surface area contributed by atoms with Gasteiger partial charge < -0.3 is 10.1 Å². The van der Waals surface area contributed by atoms with Crippen LogP contribution < -0.4 is 15.4 Å². The molecule has 1 heterocycles. The van der Waals surface area contributed by atoms with E-state index in [0.29, 0.717) is 10.7 Å². The summed E-state index contributed by atoms with van der Waals surface area (Å²) in [5.74, 6) is -0.296. The molecule has 0 aliphatic carbocycles. The predicted octanol–water partition coefficient (Wildman–Crippen LogP) is 3.52. The Morgan fingerprint density at radius 3 is 2.87 bits per heavy atom. The van der Waals surface area contributed by atoms with E-state index in [1.807, 2.05) is 0 Å². The molecule has 8 heteroatoms. The van der Waals surface area contributed by atoms with Crippen molar-refractivity contribution < 1.29 is 13.9 Å². The zero-order valence-electron chi connectivity index (χ0n) is 13.2. The highest BCUT2D eigenvalue weighted by molar-refractivity contribution is 7.15. The van der Waals surface area contributed by atoms with Crippen LogP contribution in [-0.4, -0.2) is 23.3 Å². The summed E-state index contributed by atoms with van der Waals surface area (Å²) in [7, 11) is 1.40. The van der Waals surface area contributed by atoms with Crippen LogP contribution >= 0.6 is 11.3 Å². The minimum absolute atomic E-state index is 0.169. The Labute approximate surface area is 138 Å². The summed E-state index contributed by atoms with van der Waals surface area (Å²) in [4.78, 5) is 12.0. The highest BCUT2D eigenvalue weighted by atomic mass is 32.1. The van der Waals surface area contributed by atoms with Crippen LogP contribution in [0.1, 0.15) is 36.9 Å². The maximum atomic E-state index is 13.7. The Balaban J connectivity index is 1.94. The van der Waals surface area contributed by atoms with Crippen molar-refractivity contribution in [2.24, 2.45) is 0 Å². The Hall–Kier alpha value is -2.22. The third-order valence-corrected chi connectivity index (χ3v) is 4.07. The van der Waals surface area contributed by atoms with E-state index < -0.39 is 11.8 Å². The number of benzene rings is 1. The molecule has 124 valence electrons. The Kier molecular flexibility index (Phi) is 5.86. The molecule has 1 atom stereocenters. The average molecular weight is 338 g/mol. The first-order chi connectivity index (χ1) is 11.0. The van der Waals surface area contributed by atoms with Crippen LogP contribution in [0, 0.1) is 5.82 Å². The van der Waals surface area contributed by atoms with E-state index in [1.54, 1.807) is 13.0 Å². The van der Waals surface area contributed by atoms with Crippen molar-refractivity contribution in [1.82, 2.24) is 15.5 Å². The Morgan fingerprint density at radius 2 is 2.22 bits per heavy atom.